The molecule has 0 saturated heterocycles. The van der Waals surface area contributed by atoms with Gasteiger partial charge in [-0.15, -0.1) is 0 Å². The number of para-hydroxylation sites is 1. The van der Waals surface area contributed by atoms with Gasteiger partial charge >= 0.3 is 5.97 Å². The van der Waals surface area contributed by atoms with Crippen LogP contribution in [0, 0.1) is 0 Å². The molecule has 2 unspecified atom stereocenters. The van der Waals surface area contributed by atoms with Crippen molar-refractivity contribution in [3.63, 3.8) is 0 Å². The minimum atomic E-state index is -1.59. The Bertz CT molecular complexity index is 583. The summed E-state index contributed by atoms with van der Waals surface area (Å²) in [5.74, 6) is -0.867. The Labute approximate surface area is 122 Å². The molecule has 3 N–H and O–H groups in total. The van der Waals surface area contributed by atoms with Crippen molar-refractivity contribution in [2.24, 2.45) is 0 Å². The Morgan fingerprint density at radius 1 is 1.00 bits per heavy atom. The first-order valence-corrected chi connectivity index (χ1v) is 6.48. The van der Waals surface area contributed by atoms with E-state index in [1.54, 1.807) is 24.3 Å². The molecular formula is C16H17NO4. The number of hydrogen-bond acceptors (Lipinski definition) is 5. The maximum atomic E-state index is 11.2. The predicted molar refractivity (Wildman–Crippen MR) is 79.1 cm³/mol. The van der Waals surface area contributed by atoms with Crippen molar-refractivity contribution in [1.29, 1.82) is 0 Å². The van der Waals surface area contributed by atoms with Gasteiger partial charge in [-0.1, -0.05) is 30.3 Å². The summed E-state index contributed by atoms with van der Waals surface area (Å²) in [5.41, 5.74) is 2.22. The van der Waals surface area contributed by atoms with Gasteiger partial charge in [0.2, 0.25) is 0 Å². The number of aliphatic hydroxyl groups is 2. The van der Waals surface area contributed by atoms with Gasteiger partial charge in [-0.3, -0.25) is 0 Å². The van der Waals surface area contributed by atoms with E-state index in [0.717, 1.165) is 18.5 Å². The number of anilines is 2. The minimum Gasteiger partial charge on any atom is -0.467 e. The molecule has 5 nitrogen and oxygen atoms in total. The third-order valence-electron chi connectivity index (χ3n) is 3.06. The standard InChI is InChI=1S/C16H17NO4/c1-21-16(20)15(19)14(18)11-7-9-13(10-8-11)17-12-5-3-2-4-6-12/h2-10,14-15,17-19H,1H3. The first-order chi connectivity index (χ1) is 10.1. The van der Waals surface area contributed by atoms with Crippen molar-refractivity contribution in [3.05, 3.63) is 60.2 Å². The quantitative estimate of drug-likeness (QED) is 0.733. The number of rotatable bonds is 5. The first kappa shape index (κ1) is 15.0. The van der Waals surface area contributed by atoms with Crippen molar-refractivity contribution >= 4 is 17.3 Å². The molecule has 0 aromatic heterocycles. The van der Waals surface area contributed by atoms with Crippen molar-refractivity contribution in [2.75, 3.05) is 12.4 Å². The third kappa shape index (κ3) is 3.81. The lowest BCUT2D eigenvalue weighted by Gasteiger charge is -2.16. The Balaban J connectivity index is 2.06. The van der Waals surface area contributed by atoms with Crippen molar-refractivity contribution < 1.29 is 19.7 Å². The molecule has 0 fully saturated rings. The second-order valence-electron chi connectivity index (χ2n) is 4.53. The number of benzene rings is 2. The molecule has 0 aliphatic heterocycles. The van der Waals surface area contributed by atoms with Crippen molar-refractivity contribution in [1.82, 2.24) is 0 Å². The van der Waals surface area contributed by atoms with E-state index in [1.165, 1.54) is 0 Å². The minimum absolute atomic E-state index is 0.437. The smallest absolute Gasteiger partial charge is 0.337 e. The average molecular weight is 287 g/mol. The number of aliphatic hydroxyl groups excluding tert-OH is 2. The summed E-state index contributed by atoms with van der Waals surface area (Å²) in [6.07, 6.45) is -2.91. The van der Waals surface area contributed by atoms with Crippen LogP contribution in [-0.2, 0) is 9.53 Å². The van der Waals surface area contributed by atoms with Gasteiger partial charge in [0.1, 0.15) is 6.10 Å². The van der Waals surface area contributed by atoms with Gasteiger partial charge in [-0.05, 0) is 29.8 Å². The molecule has 0 amide bonds. The first-order valence-electron chi connectivity index (χ1n) is 6.48. The summed E-state index contributed by atoms with van der Waals surface area (Å²) in [6.45, 7) is 0. The lowest BCUT2D eigenvalue weighted by molar-refractivity contribution is -0.156. The van der Waals surface area contributed by atoms with Crippen LogP contribution in [0.3, 0.4) is 0 Å². The zero-order chi connectivity index (χ0) is 15.2. The molecular weight excluding hydrogens is 270 g/mol. The number of nitrogens with one attached hydrogen (secondary N) is 1. The average Bonchev–Trinajstić information content (AvgIpc) is 2.54. The molecule has 0 radical (unpaired) electrons. The molecule has 0 heterocycles. The van der Waals surface area contributed by atoms with E-state index >= 15 is 0 Å². The molecule has 0 aliphatic carbocycles. The third-order valence-corrected chi connectivity index (χ3v) is 3.06. The highest BCUT2D eigenvalue weighted by molar-refractivity contribution is 5.75. The van der Waals surface area contributed by atoms with Gasteiger partial charge in [-0.25, -0.2) is 4.79 Å². The number of methoxy groups -OCH3 is 1. The van der Waals surface area contributed by atoms with Gasteiger partial charge in [0.15, 0.2) is 6.10 Å². The van der Waals surface area contributed by atoms with Gasteiger partial charge < -0.3 is 20.3 Å². The van der Waals surface area contributed by atoms with E-state index < -0.39 is 18.2 Å². The molecule has 0 bridgehead atoms. The number of hydrogen-bond donors (Lipinski definition) is 3. The highest BCUT2D eigenvalue weighted by atomic mass is 16.5. The predicted octanol–water partition coefficient (Wildman–Crippen LogP) is 2.00. The molecule has 0 spiro atoms. The lowest BCUT2D eigenvalue weighted by atomic mass is 10.0. The van der Waals surface area contributed by atoms with Crippen LogP contribution in [0.1, 0.15) is 11.7 Å². The van der Waals surface area contributed by atoms with Crippen LogP contribution in [-0.4, -0.2) is 29.4 Å². The van der Waals surface area contributed by atoms with Crippen LogP contribution < -0.4 is 5.32 Å². The van der Waals surface area contributed by atoms with E-state index in [0.29, 0.717) is 5.56 Å². The Morgan fingerprint density at radius 2 is 1.57 bits per heavy atom. The van der Waals surface area contributed by atoms with E-state index in [4.69, 9.17) is 0 Å². The van der Waals surface area contributed by atoms with Gasteiger partial charge in [0, 0.05) is 11.4 Å². The number of ether oxygens (including phenoxy) is 1. The fourth-order valence-electron chi connectivity index (χ4n) is 1.88. The van der Waals surface area contributed by atoms with Crippen LogP contribution in [0.25, 0.3) is 0 Å². The largest absolute Gasteiger partial charge is 0.467 e. The van der Waals surface area contributed by atoms with E-state index in [9.17, 15) is 15.0 Å². The zero-order valence-corrected chi connectivity index (χ0v) is 11.6. The monoisotopic (exact) mass is 287 g/mol. The molecule has 2 atom stereocenters. The molecule has 2 aromatic carbocycles. The molecule has 2 aromatic rings. The highest BCUT2D eigenvalue weighted by Gasteiger charge is 2.26. The van der Waals surface area contributed by atoms with Crippen LogP contribution >= 0.6 is 0 Å². The topological polar surface area (TPSA) is 78.8 Å². The summed E-state index contributed by atoms with van der Waals surface area (Å²) in [5, 5.41) is 22.7. The second kappa shape index (κ2) is 6.88. The van der Waals surface area contributed by atoms with Crippen LogP contribution in [0.4, 0.5) is 11.4 Å². The lowest BCUT2D eigenvalue weighted by Crippen LogP contribution is -2.28. The fourth-order valence-corrected chi connectivity index (χ4v) is 1.88. The normalized spacial score (nSPS) is 13.3. The molecule has 110 valence electrons. The van der Waals surface area contributed by atoms with Crippen LogP contribution in [0.5, 0.6) is 0 Å². The maximum Gasteiger partial charge on any atom is 0.337 e. The fraction of sp³-hybridized carbons (Fsp3) is 0.188. The Hall–Kier alpha value is -2.37. The Morgan fingerprint density at radius 3 is 2.14 bits per heavy atom. The summed E-state index contributed by atoms with van der Waals surface area (Å²) < 4.78 is 4.40. The second-order valence-corrected chi connectivity index (χ2v) is 4.53. The molecule has 21 heavy (non-hydrogen) atoms. The molecule has 0 aliphatic rings. The molecule has 0 saturated carbocycles. The van der Waals surface area contributed by atoms with Crippen LogP contribution in [0.15, 0.2) is 54.6 Å². The van der Waals surface area contributed by atoms with Gasteiger partial charge in [-0.2, -0.15) is 0 Å². The van der Waals surface area contributed by atoms with E-state index in [-0.39, 0.29) is 0 Å². The van der Waals surface area contributed by atoms with Crippen molar-refractivity contribution in [3.8, 4) is 0 Å². The SMILES string of the molecule is COC(=O)C(O)C(O)c1ccc(Nc2ccccc2)cc1. The van der Waals surface area contributed by atoms with Gasteiger partial charge in [0.25, 0.3) is 0 Å². The number of carbonyl (C=O) groups is 1. The molecule has 5 heteroatoms. The van der Waals surface area contributed by atoms with Crippen molar-refractivity contribution in [2.45, 2.75) is 12.2 Å². The van der Waals surface area contributed by atoms with Crippen LogP contribution in [0.2, 0.25) is 0 Å². The summed E-state index contributed by atoms with van der Waals surface area (Å²) in [6, 6.07) is 16.4. The number of esters is 1. The van der Waals surface area contributed by atoms with Gasteiger partial charge in [0.05, 0.1) is 7.11 Å². The summed E-state index contributed by atoms with van der Waals surface area (Å²) >= 11 is 0. The highest BCUT2D eigenvalue weighted by Crippen LogP contribution is 2.22. The molecule has 2 rings (SSSR count). The summed E-state index contributed by atoms with van der Waals surface area (Å²) in [7, 11) is 1.16. The Kier molecular flexibility index (Phi) is 4.92. The van der Waals surface area contributed by atoms with E-state index in [2.05, 4.69) is 10.1 Å². The summed E-state index contributed by atoms with van der Waals surface area (Å²) in [4.78, 5) is 11.2. The van der Waals surface area contributed by atoms with E-state index in [1.807, 2.05) is 30.3 Å². The maximum absolute atomic E-state index is 11.2. The zero-order valence-electron chi connectivity index (χ0n) is 11.6. The number of carbonyl (C=O) groups excluding carboxylic acids is 1.